The van der Waals surface area contributed by atoms with Crippen LogP contribution in [0.25, 0.3) is 6.08 Å². The molecule has 2 saturated heterocycles. The largest absolute Gasteiger partial charge is 0.341 e. The van der Waals surface area contributed by atoms with Gasteiger partial charge in [-0.3, -0.25) is 9.59 Å². The van der Waals surface area contributed by atoms with Crippen LogP contribution in [0.1, 0.15) is 44.2 Å². The van der Waals surface area contributed by atoms with Gasteiger partial charge in [-0.2, -0.15) is 0 Å². The fourth-order valence-electron chi connectivity index (χ4n) is 4.62. The number of piperidine rings is 1. The molecular weight excluding hydrogens is 312 g/mol. The minimum atomic E-state index is -0.0122. The molecule has 1 spiro atoms. The van der Waals surface area contributed by atoms with Crippen molar-refractivity contribution in [3.63, 3.8) is 0 Å². The number of rotatable bonds is 2. The van der Waals surface area contributed by atoms with Gasteiger partial charge in [0.05, 0.1) is 6.54 Å². The van der Waals surface area contributed by atoms with Crippen LogP contribution in [0, 0.1) is 5.41 Å². The lowest BCUT2D eigenvalue weighted by atomic mass is 9.74. The van der Waals surface area contributed by atoms with Crippen molar-refractivity contribution in [2.75, 3.05) is 26.2 Å². The van der Waals surface area contributed by atoms with Crippen LogP contribution in [0.15, 0.2) is 30.3 Å². The van der Waals surface area contributed by atoms with E-state index in [0.29, 0.717) is 13.0 Å². The first-order valence-electron chi connectivity index (χ1n) is 9.23. The molecule has 1 aromatic carbocycles. The van der Waals surface area contributed by atoms with Crippen molar-refractivity contribution in [1.82, 2.24) is 9.80 Å². The van der Waals surface area contributed by atoms with E-state index in [2.05, 4.69) is 50.3 Å². The van der Waals surface area contributed by atoms with Crippen molar-refractivity contribution < 1.29 is 9.59 Å². The Morgan fingerprint density at radius 3 is 2.56 bits per heavy atom. The SMILES string of the molecule is CC1(C)CC(=O)N(CC(=O)N2CCC3(C=Cc4ccccc43)CC2)C1. The van der Waals surface area contributed by atoms with Gasteiger partial charge in [0.2, 0.25) is 11.8 Å². The van der Waals surface area contributed by atoms with Crippen LogP contribution in [-0.2, 0) is 15.0 Å². The van der Waals surface area contributed by atoms with Crippen molar-refractivity contribution >= 4 is 17.9 Å². The van der Waals surface area contributed by atoms with Crippen LogP contribution < -0.4 is 0 Å². The van der Waals surface area contributed by atoms with Gasteiger partial charge >= 0.3 is 0 Å². The molecule has 2 amide bonds. The molecule has 132 valence electrons. The zero-order valence-electron chi connectivity index (χ0n) is 15.1. The molecule has 0 N–H and O–H groups in total. The predicted octanol–water partition coefficient (Wildman–Crippen LogP) is 2.83. The third-order valence-electron chi connectivity index (χ3n) is 6.01. The molecule has 0 aromatic heterocycles. The highest BCUT2D eigenvalue weighted by molar-refractivity contribution is 5.86. The molecule has 2 fully saturated rings. The van der Waals surface area contributed by atoms with Gasteiger partial charge in [-0.1, -0.05) is 50.3 Å². The maximum Gasteiger partial charge on any atom is 0.242 e. The van der Waals surface area contributed by atoms with E-state index < -0.39 is 0 Å². The molecule has 0 saturated carbocycles. The zero-order chi connectivity index (χ0) is 17.7. The summed E-state index contributed by atoms with van der Waals surface area (Å²) >= 11 is 0. The Bertz CT molecular complexity index is 742. The number of allylic oxidation sites excluding steroid dienone is 1. The monoisotopic (exact) mass is 338 g/mol. The average Bonchev–Trinajstić information content (AvgIpc) is 3.06. The zero-order valence-corrected chi connectivity index (χ0v) is 15.1. The predicted molar refractivity (Wildman–Crippen MR) is 97.9 cm³/mol. The Morgan fingerprint density at radius 2 is 1.88 bits per heavy atom. The standard InChI is InChI=1S/C21H26N2O2/c1-20(2)13-18(24)23(15-20)14-19(25)22-11-9-21(10-12-22)8-7-16-5-3-4-6-17(16)21/h3-8H,9-15H2,1-2H3. The summed E-state index contributed by atoms with van der Waals surface area (Å²) in [5.41, 5.74) is 2.80. The quantitative estimate of drug-likeness (QED) is 0.832. The van der Waals surface area contributed by atoms with Crippen molar-refractivity contribution in [3.8, 4) is 0 Å². The highest BCUT2D eigenvalue weighted by Gasteiger charge is 2.40. The minimum absolute atomic E-state index is 0.0122. The van der Waals surface area contributed by atoms with Gasteiger partial charge in [0.25, 0.3) is 0 Å². The summed E-state index contributed by atoms with van der Waals surface area (Å²) in [6.45, 7) is 6.63. The summed E-state index contributed by atoms with van der Waals surface area (Å²) in [6.07, 6.45) is 7.02. The van der Waals surface area contributed by atoms with Crippen LogP contribution in [0.5, 0.6) is 0 Å². The maximum absolute atomic E-state index is 12.7. The van der Waals surface area contributed by atoms with Crippen molar-refractivity contribution in [1.29, 1.82) is 0 Å². The molecule has 4 heteroatoms. The molecule has 4 rings (SSSR count). The number of likely N-dealkylation sites (tertiary alicyclic amines) is 2. The molecule has 0 atom stereocenters. The Morgan fingerprint density at radius 1 is 1.16 bits per heavy atom. The number of hydrogen-bond acceptors (Lipinski definition) is 2. The number of fused-ring (bicyclic) bond motifs is 2. The van der Waals surface area contributed by atoms with E-state index in [9.17, 15) is 9.59 Å². The Balaban J connectivity index is 1.39. The third kappa shape index (κ3) is 2.88. The summed E-state index contributed by atoms with van der Waals surface area (Å²) in [5, 5.41) is 0. The Labute approximate surface area is 149 Å². The number of amides is 2. The van der Waals surface area contributed by atoms with Gasteiger partial charge in [0.15, 0.2) is 0 Å². The van der Waals surface area contributed by atoms with Gasteiger partial charge in [0, 0.05) is 31.5 Å². The second kappa shape index (κ2) is 5.72. The highest BCUT2D eigenvalue weighted by atomic mass is 16.2. The van der Waals surface area contributed by atoms with Crippen LogP contribution in [-0.4, -0.2) is 47.8 Å². The van der Waals surface area contributed by atoms with E-state index in [1.165, 1.54) is 11.1 Å². The molecule has 3 aliphatic rings. The van der Waals surface area contributed by atoms with Gasteiger partial charge in [-0.25, -0.2) is 0 Å². The van der Waals surface area contributed by atoms with Gasteiger partial charge < -0.3 is 9.80 Å². The molecule has 2 heterocycles. The lowest BCUT2D eigenvalue weighted by Gasteiger charge is -2.39. The summed E-state index contributed by atoms with van der Waals surface area (Å²) < 4.78 is 0. The normalized spacial score (nSPS) is 23.4. The van der Waals surface area contributed by atoms with Gasteiger partial charge in [-0.05, 0) is 29.4 Å². The van der Waals surface area contributed by atoms with Crippen LogP contribution in [0.4, 0.5) is 0 Å². The molecule has 25 heavy (non-hydrogen) atoms. The molecule has 2 aliphatic heterocycles. The van der Waals surface area contributed by atoms with Gasteiger partial charge in [0.1, 0.15) is 0 Å². The molecule has 0 bridgehead atoms. The molecule has 4 nitrogen and oxygen atoms in total. The summed E-state index contributed by atoms with van der Waals surface area (Å²) in [5.74, 6) is 0.204. The van der Waals surface area contributed by atoms with Gasteiger partial charge in [-0.15, -0.1) is 0 Å². The molecule has 0 radical (unpaired) electrons. The van der Waals surface area contributed by atoms with Crippen LogP contribution in [0.2, 0.25) is 0 Å². The first-order chi connectivity index (χ1) is 11.9. The summed E-state index contributed by atoms with van der Waals surface area (Å²) in [6, 6.07) is 8.57. The van der Waals surface area contributed by atoms with E-state index >= 15 is 0 Å². The van der Waals surface area contributed by atoms with E-state index in [1.807, 2.05) is 4.90 Å². The third-order valence-corrected chi connectivity index (χ3v) is 6.01. The highest BCUT2D eigenvalue weighted by Crippen LogP contribution is 2.43. The van der Waals surface area contributed by atoms with Crippen LogP contribution >= 0.6 is 0 Å². The molecule has 1 aliphatic carbocycles. The topological polar surface area (TPSA) is 40.6 Å². The first kappa shape index (κ1) is 16.4. The van der Waals surface area contributed by atoms with Crippen molar-refractivity contribution in [2.24, 2.45) is 5.41 Å². The fourth-order valence-corrected chi connectivity index (χ4v) is 4.62. The molecular formula is C21H26N2O2. The average molecular weight is 338 g/mol. The minimum Gasteiger partial charge on any atom is -0.341 e. The lowest BCUT2D eigenvalue weighted by molar-refractivity contribution is -0.139. The van der Waals surface area contributed by atoms with E-state index in [0.717, 1.165) is 25.9 Å². The summed E-state index contributed by atoms with van der Waals surface area (Å²) in [4.78, 5) is 28.4. The number of nitrogens with zero attached hydrogens (tertiary/aromatic N) is 2. The summed E-state index contributed by atoms with van der Waals surface area (Å²) in [7, 11) is 0. The number of benzene rings is 1. The smallest absolute Gasteiger partial charge is 0.242 e. The maximum atomic E-state index is 12.7. The Hall–Kier alpha value is -2.10. The van der Waals surface area contributed by atoms with Crippen molar-refractivity contribution in [2.45, 2.75) is 38.5 Å². The van der Waals surface area contributed by atoms with E-state index in [1.54, 1.807) is 4.90 Å². The second-order valence-electron chi connectivity index (χ2n) is 8.55. The Kier molecular flexibility index (Phi) is 3.75. The van der Waals surface area contributed by atoms with Crippen LogP contribution in [0.3, 0.4) is 0 Å². The van der Waals surface area contributed by atoms with Crippen molar-refractivity contribution in [3.05, 3.63) is 41.5 Å². The number of carbonyl (C=O) groups excluding carboxylic acids is 2. The first-order valence-corrected chi connectivity index (χ1v) is 9.23. The number of hydrogen-bond donors (Lipinski definition) is 0. The molecule has 0 unspecified atom stereocenters. The fraction of sp³-hybridized carbons (Fsp3) is 0.524. The molecule has 1 aromatic rings. The second-order valence-corrected chi connectivity index (χ2v) is 8.55. The lowest BCUT2D eigenvalue weighted by Crippen LogP contribution is -2.47. The van der Waals surface area contributed by atoms with E-state index in [-0.39, 0.29) is 29.2 Å². The van der Waals surface area contributed by atoms with E-state index in [4.69, 9.17) is 0 Å². The number of carbonyl (C=O) groups is 2.